The standard InChI is InChI=1S/C19H27F2N3O3S/c1-14(19(25)22-16-5-3-2-4-6-16)23-9-11-24(12-10-23)28(26,27)18-13-15(20)7-8-17(18)21/h7-8,13-14,16H,2-6,9-12H2,1H3,(H,22,25). The third-order valence-electron chi connectivity index (χ3n) is 5.66. The smallest absolute Gasteiger partial charge is 0.246 e. The zero-order valence-electron chi connectivity index (χ0n) is 16.0. The second-order valence-corrected chi connectivity index (χ2v) is 9.44. The number of benzene rings is 1. The molecule has 1 aliphatic carbocycles. The minimum absolute atomic E-state index is 0.0422. The summed E-state index contributed by atoms with van der Waals surface area (Å²) in [5.41, 5.74) is 0. The first kappa shape index (κ1) is 21.1. The molecule has 0 bridgehead atoms. The van der Waals surface area contributed by atoms with E-state index in [0.29, 0.717) is 19.2 Å². The summed E-state index contributed by atoms with van der Waals surface area (Å²) in [4.78, 5) is 13.8. The number of nitrogens with zero attached hydrogens (tertiary/aromatic N) is 2. The summed E-state index contributed by atoms with van der Waals surface area (Å²) in [6.07, 6.45) is 5.48. The van der Waals surface area contributed by atoms with Gasteiger partial charge in [0.25, 0.3) is 0 Å². The van der Waals surface area contributed by atoms with Crippen LogP contribution < -0.4 is 5.32 Å². The molecule has 156 valence electrons. The number of sulfonamides is 1. The number of hydrogen-bond donors (Lipinski definition) is 1. The summed E-state index contributed by atoms with van der Waals surface area (Å²) < 4.78 is 53.8. The Morgan fingerprint density at radius 3 is 2.39 bits per heavy atom. The minimum atomic E-state index is -4.12. The molecule has 1 amide bonds. The Balaban J connectivity index is 1.58. The number of carbonyl (C=O) groups excluding carboxylic acids is 1. The second-order valence-electron chi connectivity index (χ2n) is 7.53. The van der Waals surface area contributed by atoms with E-state index in [1.54, 1.807) is 0 Å². The number of nitrogens with one attached hydrogen (secondary N) is 1. The maximum absolute atomic E-state index is 13.9. The molecule has 1 saturated heterocycles. The van der Waals surface area contributed by atoms with Crippen molar-refractivity contribution >= 4 is 15.9 Å². The number of amides is 1. The molecule has 0 radical (unpaired) electrons. The van der Waals surface area contributed by atoms with Crippen molar-refractivity contribution in [2.45, 2.75) is 56.0 Å². The van der Waals surface area contributed by atoms with E-state index >= 15 is 0 Å². The van der Waals surface area contributed by atoms with E-state index in [2.05, 4.69) is 5.32 Å². The van der Waals surface area contributed by atoms with Crippen LogP contribution in [0.3, 0.4) is 0 Å². The fourth-order valence-corrected chi connectivity index (χ4v) is 5.38. The Labute approximate surface area is 164 Å². The lowest BCUT2D eigenvalue weighted by atomic mass is 9.95. The maximum Gasteiger partial charge on any atom is 0.246 e. The molecule has 1 saturated carbocycles. The molecular formula is C19H27F2N3O3S. The molecule has 1 aliphatic heterocycles. The zero-order valence-corrected chi connectivity index (χ0v) is 16.9. The van der Waals surface area contributed by atoms with E-state index in [9.17, 15) is 22.0 Å². The van der Waals surface area contributed by atoms with Crippen molar-refractivity contribution in [2.24, 2.45) is 0 Å². The first-order valence-corrected chi connectivity index (χ1v) is 11.2. The first-order valence-electron chi connectivity index (χ1n) is 9.78. The summed E-state index contributed by atoms with van der Waals surface area (Å²) in [5, 5.41) is 3.09. The Morgan fingerprint density at radius 2 is 1.75 bits per heavy atom. The molecule has 28 heavy (non-hydrogen) atoms. The van der Waals surface area contributed by atoms with Crippen molar-refractivity contribution in [1.29, 1.82) is 0 Å². The number of hydrogen-bond acceptors (Lipinski definition) is 4. The fourth-order valence-electron chi connectivity index (χ4n) is 3.88. The largest absolute Gasteiger partial charge is 0.352 e. The molecule has 2 aliphatic rings. The third kappa shape index (κ3) is 4.69. The number of rotatable bonds is 5. The highest BCUT2D eigenvalue weighted by atomic mass is 32.2. The SMILES string of the molecule is CC(C(=O)NC1CCCCC1)N1CCN(S(=O)(=O)c2cc(F)ccc2F)CC1. The van der Waals surface area contributed by atoms with Crippen molar-refractivity contribution in [1.82, 2.24) is 14.5 Å². The Kier molecular flexibility index (Phi) is 6.67. The summed E-state index contributed by atoms with van der Waals surface area (Å²) in [7, 11) is -4.12. The molecule has 2 fully saturated rings. The number of halogens is 2. The van der Waals surface area contributed by atoms with Crippen LogP contribution in [-0.2, 0) is 14.8 Å². The van der Waals surface area contributed by atoms with Gasteiger partial charge in [0.2, 0.25) is 15.9 Å². The highest BCUT2D eigenvalue weighted by Crippen LogP contribution is 2.22. The average molecular weight is 416 g/mol. The Hall–Kier alpha value is -1.58. The quantitative estimate of drug-likeness (QED) is 0.800. The van der Waals surface area contributed by atoms with Gasteiger partial charge in [0, 0.05) is 32.2 Å². The van der Waals surface area contributed by atoms with Gasteiger partial charge in [-0.2, -0.15) is 4.31 Å². The van der Waals surface area contributed by atoms with Crippen LogP contribution in [0, 0.1) is 11.6 Å². The molecule has 1 aromatic carbocycles. The Morgan fingerprint density at radius 1 is 1.11 bits per heavy atom. The van der Waals surface area contributed by atoms with Crippen LogP contribution in [0.5, 0.6) is 0 Å². The minimum Gasteiger partial charge on any atom is -0.352 e. The van der Waals surface area contributed by atoms with Gasteiger partial charge in [-0.3, -0.25) is 9.69 Å². The molecule has 9 heteroatoms. The van der Waals surface area contributed by atoms with Crippen LogP contribution in [0.2, 0.25) is 0 Å². The van der Waals surface area contributed by atoms with Crippen LogP contribution in [0.25, 0.3) is 0 Å². The van der Waals surface area contributed by atoms with Crippen molar-refractivity contribution in [2.75, 3.05) is 26.2 Å². The van der Waals surface area contributed by atoms with E-state index in [-0.39, 0.29) is 31.1 Å². The van der Waals surface area contributed by atoms with Crippen LogP contribution >= 0.6 is 0 Å². The summed E-state index contributed by atoms with van der Waals surface area (Å²) in [6.45, 7) is 2.78. The molecule has 1 unspecified atom stereocenters. The van der Waals surface area contributed by atoms with Crippen molar-refractivity contribution in [3.8, 4) is 0 Å². The second kappa shape index (κ2) is 8.84. The molecule has 1 aromatic rings. The lowest BCUT2D eigenvalue weighted by Crippen LogP contribution is -2.56. The Bertz CT molecular complexity index is 805. The molecule has 0 spiro atoms. The van der Waals surface area contributed by atoms with Crippen molar-refractivity contribution in [3.05, 3.63) is 29.8 Å². The normalized spacial score (nSPS) is 21.4. The van der Waals surface area contributed by atoms with Gasteiger partial charge < -0.3 is 5.32 Å². The van der Waals surface area contributed by atoms with Gasteiger partial charge in [-0.15, -0.1) is 0 Å². The molecular weight excluding hydrogens is 388 g/mol. The van der Waals surface area contributed by atoms with Gasteiger partial charge in [-0.25, -0.2) is 17.2 Å². The third-order valence-corrected chi connectivity index (χ3v) is 7.58. The summed E-state index contributed by atoms with van der Waals surface area (Å²) in [6, 6.07) is 2.27. The van der Waals surface area contributed by atoms with Gasteiger partial charge in [-0.05, 0) is 38.0 Å². The van der Waals surface area contributed by atoms with Gasteiger partial charge in [0.15, 0.2) is 0 Å². The van der Waals surface area contributed by atoms with Gasteiger partial charge in [0.1, 0.15) is 16.5 Å². The monoisotopic (exact) mass is 415 g/mol. The van der Waals surface area contributed by atoms with Crippen LogP contribution in [-0.4, -0.2) is 61.8 Å². The molecule has 1 heterocycles. The van der Waals surface area contributed by atoms with Crippen molar-refractivity contribution in [3.63, 3.8) is 0 Å². The topological polar surface area (TPSA) is 69.7 Å². The van der Waals surface area contributed by atoms with E-state index in [4.69, 9.17) is 0 Å². The number of carbonyl (C=O) groups is 1. The maximum atomic E-state index is 13.9. The average Bonchev–Trinajstić information content (AvgIpc) is 2.70. The predicted octanol–water partition coefficient (Wildman–Crippen LogP) is 2.11. The van der Waals surface area contributed by atoms with Crippen LogP contribution in [0.15, 0.2) is 23.1 Å². The van der Waals surface area contributed by atoms with E-state index in [1.165, 1.54) is 6.42 Å². The molecule has 3 rings (SSSR count). The zero-order chi connectivity index (χ0) is 20.3. The molecule has 1 N–H and O–H groups in total. The van der Waals surface area contributed by atoms with E-state index in [0.717, 1.165) is 42.1 Å². The molecule has 0 aromatic heterocycles. The summed E-state index contributed by atoms with van der Waals surface area (Å²) >= 11 is 0. The summed E-state index contributed by atoms with van der Waals surface area (Å²) in [5.74, 6) is -1.81. The molecule has 6 nitrogen and oxygen atoms in total. The lowest BCUT2D eigenvalue weighted by Gasteiger charge is -2.37. The first-order chi connectivity index (χ1) is 13.3. The van der Waals surface area contributed by atoms with Crippen LogP contribution in [0.4, 0.5) is 8.78 Å². The highest BCUT2D eigenvalue weighted by molar-refractivity contribution is 7.89. The molecule has 1 atom stereocenters. The predicted molar refractivity (Wildman–Crippen MR) is 101 cm³/mol. The van der Waals surface area contributed by atoms with Crippen molar-refractivity contribution < 1.29 is 22.0 Å². The van der Waals surface area contributed by atoms with Crippen LogP contribution in [0.1, 0.15) is 39.0 Å². The lowest BCUT2D eigenvalue weighted by molar-refractivity contribution is -0.127. The van der Waals surface area contributed by atoms with Gasteiger partial charge in [-0.1, -0.05) is 19.3 Å². The van der Waals surface area contributed by atoms with E-state index in [1.807, 2.05) is 11.8 Å². The van der Waals surface area contributed by atoms with Gasteiger partial charge >= 0.3 is 0 Å². The van der Waals surface area contributed by atoms with Gasteiger partial charge in [0.05, 0.1) is 6.04 Å². The number of piperazine rings is 1. The van der Waals surface area contributed by atoms with E-state index < -0.39 is 26.6 Å². The fraction of sp³-hybridized carbons (Fsp3) is 0.632. The highest BCUT2D eigenvalue weighted by Gasteiger charge is 2.33.